The zero-order valence-corrected chi connectivity index (χ0v) is 12.7. The number of ether oxygens (including phenoxy) is 1. The third-order valence-corrected chi connectivity index (χ3v) is 3.46. The van der Waals surface area contributed by atoms with Crippen molar-refractivity contribution in [3.8, 4) is 5.69 Å². The molecule has 0 saturated carbocycles. The Bertz CT molecular complexity index is 835. The van der Waals surface area contributed by atoms with E-state index < -0.39 is 5.97 Å². The largest absolute Gasteiger partial charge is 0.465 e. The molecule has 3 rings (SSSR count). The fraction of sp³-hybridized carbons (Fsp3) is 0.0526. The van der Waals surface area contributed by atoms with Gasteiger partial charge in [0.2, 0.25) is 0 Å². The van der Waals surface area contributed by atoms with Crippen LogP contribution in [0.3, 0.4) is 0 Å². The summed E-state index contributed by atoms with van der Waals surface area (Å²) in [4.78, 5) is 16.2. The maximum atomic E-state index is 11.8. The van der Waals surface area contributed by atoms with Gasteiger partial charge in [0.15, 0.2) is 0 Å². The number of methoxy groups -OCH3 is 1. The topological polar surface area (TPSA) is 43.6 Å². The van der Waals surface area contributed by atoms with E-state index >= 15 is 0 Å². The molecule has 23 heavy (non-hydrogen) atoms. The molecule has 0 aliphatic rings. The molecular weight excluding hydrogens is 288 g/mol. The average Bonchev–Trinajstić information content (AvgIpc) is 3.09. The SMILES string of the molecule is COC(=O)c1ccccc1N=Cc1cccn1-c1ccccc1. The number of nitrogens with zero attached hydrogens (tertiary/aromatic N) is 2. The minimum absolute atomic E-state index is 0.392. The highest BCUT2D eigenvalue weighted by Crippen LogP contribution is 2.20. The number of para-hydroxylation sites is 2. The van der Waals surface area contributed by atoms with Crippen LogP contribution in [0.1, 0.15) is 16.1 Å². The van der Waals surface area contributed by atoms with E-state index in [0.29, 0.717) is 11.3 Å². The number of hydrogen-bond acceptors (Lipinski definition) is 3. The second kappa shape index (κ2) is 6.75. The standard InChI is InChI=1S/C19H16N2O2/c1-23-19(22)17-11-5-6-12-18(17)20-14-16-10-7-13-21(16)15-8-3-2-4-9-15/h2-14H,1H3. The van der Waals surface area contributed by atoms with Crippen LogP contribution < -0.4 is 0 Å². The van der Waals surface area contributed by atoms with Crippen molar-refractivity contribution in [2.45, 2.75) is 0 Å². The molecule has 0 N–H and O–H groups in total. The van der Waals surface area contributed by atoms with Crippen molar-refractivity contribution in [2.24, 2.45) is 4.99 Å². The minimum atomic E-state index is -0.392. The summed E-state index contributed by atoms with van der Waals surface area (Å²) in [6.07, 6.45) is 3.72. The molecule has 4 heteroatoms. The third-order valence-electron chi connectivity index (χ3n) is 3.46. The van der Waals surface area contributed by atoms with E-state index in [1.165, 1.54) is 7.11 Å². The molecular formula is C19H16N2O2. The van der Waals surface area contributed by atoms with Crippen molar-refractivity contribution in [3.63, 3.8) is 0 Å². The van der Waals surface area contributed by atoms with Gasteiger partial charge in [0.1, 0.15) is 0 Å². The van der Waals surface area contributed by atoms with Gasteiger partial charge in [-0.05, 0) is 36.4 Å². The molecule has 0 aliphatic heterocycles. The molecule has 4 nitrogen and oxygen atoms in total. The van der Waals surface area contributed by atoms with Gasteiger partial charge in [-0.25, -0.2) is 4.79 Å². The lowest BCUT2D eigenvalue weighted by Crippen LogP contribution is -2.01. The van der Waals surface area contributed by atoms with E-state index in [-0.39, 0.29) is 0 Å². The van der Waals surface area contributed by atoms with Gasteiger partial charge in [-0.15, -0.1) is 0 Å². The molecule has 0 atom stereocenters. The molecule has 0 spiro atoms. The first-order valence-electron chi connectivity index (χ1n) is 7.24. The average molecular weight is 304 g/mol. The molecule has 0 aliphatic carbocycles. The predicted molar refractivity (Wildman–Crippen MR) is 90.8 cm³/mol. The fourth-order valence-electron chi connectivity index (χ4n) is 2.33. The normalized spacial score (nSPS) is 10.8. The van der Waals surface area contributed by atoms with Crippen molar-refractivity contribution in [3.05, 3.63) is 84.2 Å². The van der Waals surface area contributed by atoms with E-state index in [9.17, 15) is 4.79 Å². The molecule has 1 heterocycles. The lowest BCUT2D eigenvalue weighted by molar-refractivity contribution is 0.0601. The summed E-state index contributed by atoms with van der Waals surface area (Å²) in [5.41, 5.74) is 3.01. The van der Waals surface area contributed by atoms with Crippen LogP contribution in [-0.2, 0) is 4.74 Å². The summed E-state index contributed by atoms with van der Waals surface area (Å²) < 4.78 is 6.82. The summed E-state index contributed by atoms with van der Waals surface area (Å²) >= 11 is 0. The van der Waals surface area contributed by atoms with E-state index in [4.69, 9.17) is 4.74 Å². The van der Waals surface area contributed by atoms with Crippen LogP contribution in [0.4, 0.5) is 5.69 Å². The number of rotatable bonds is 4. The number of aromatic nitrogens is 1. The van der Waals surface area contributed by atoms with E-state index in [0.717, 1.165) is 11.4 Å². The van der Waals surface area contributed by atoms with Gasteiger partial charge in [0, 0.05) is 11.9 Å². The van der Waals surface area contributed by atoms with Crippen molar-refractivity contribution in [1.29, 1.82) is 0 Å². The van der Waals surface area contributed by atoms with Crippen LogP contribution in [-0.4, -0.2) is 23.9 Å². The number of carbonyl (C=O) groups is 1. The van der Waals surface area contributed by atoms with Crippen LogP contribution in [0.2, 0.25) is 0 Å². The van der Waals surface area contributed by atoms with Gasteiger partial charge in [-0.1, -0.05) is 30.3 Å². The number of carbonyl (C=O) groups excluding carboxylic acids is 1. The monoisotopic (exact) mass is 304 g/mol. The van der Waals surface area contributed by atoms with E-state index in [2.05, 4.69) is 4.99 Å². The number of esters is 1. The molecule has 114 valence electrons. The quantitative estimate of drug-likeness (QED) is 0.540. The molecule has 3 aromatic rings. The second-order valence-corrected chi connectivity index (χ2v) is 4.91. The molecule has 0 radical (unpaired) electrons. The van der Waals surface area contributed by atoms with Crippen LogP contribution in [0.15, 0.2) is 77.9 Å². The van der Waals surface area contributed by atoms with Crippen molar-refractivity contribution < 1.29 is 9.53 Å². The maximum absolute atomic E-state index is 11.8. The number of benzene rings is 2. The van der Waals surface area contributed by atoms with Crippen molar-refractivity contribution in [2.75, 3.05) is 7.11 Å². The number of hydrogen-bond donors (Lipinski definition) is 0. The van der Waals surface area contributed by atoms with E-state index in [1.54, 1.807) is 24.4 Å². The van der Waals surface area contributed by atoms with Crippen molar-refractivity contribution >= 4 is 17.9 Å². The molecule has 0 amide bonds. The molecule has 0 unspecified atom stereocenters. The highest BCUT2D eigenvalue weighted by atomic mass is 16.5. The first-order chi connectivity index (χ1) is 11.3. The van der Waals surface area contributed by atoms with Gasteiger partial charge < -0.3 is 9.30 Å². The van der Waals surface area contributed by atoms with Crippen LogP contribution in [0.25, 0.3) is 5.69 Å². The Morgan fingerprint density at radius 1 is 1.00 bits per heavy atom. The summed E-state index contributed by atoms with van der Waals surface area (Å²) in [5, 5.41) is 0. The molecule has 0 bridgehead atoms. The van der Waals surface area contributed by atoms with Gasteiger partial charge in [-0.2, -0.15) is 0 Å². The van der Waals surface area contributed by atoms with E-state index in [1.807, 2.05) is 59.3 Å². The van der Waals surface area contributed by atoms with Gasteiger partial charge in [0.05, 0.1) is 30.3 Å². The van der Waals surface area contributed by atoms with Crippen LogP contribution in [0.5, 0.6) is 0 Å². The lowest BCUT2D eigenvalue weighted by Gasteiger charge is -2.06. The fourth-order valence-corrected chi connectivity index (χ4v) is 2.33. The minimum Gasteiger partial charge on any atom is -0.465 e. The zero-order chi connectivity index (χ0) is 16.1. The summed E-state index contributed by atoms with van der Waals surface area (Å²) in [7, 11) is 1.36. The lowest BCUT2D eigenvalue weighted by atomic mass is 10.2. The highest BCUT2D eigenvalue weighted by Gasteiger charge is 2.10. The Balaban J connectivity index is 1.94. The molecule has 1 aromatic heterocycles. The Labute approximate surface area is 134 Å². The highest BCUT2D eigenvalue weighted by molar-refractivity contribution is 5.96. The number of aliphatic imine (C=N–C) groups is 1. The summed E-state index contributed by atoms with van der Waals surface area (Å²) in [6, 6.07) is 21.1. The maximum Gasteiger partial charge on any atom is 0.340 e. The third kappa shape index (κ3) is 3.21. The Morgan fingerprint density at radius 2 is 1.74 bits per heavy atom. The van der Waals surface area contributed by atoms with Gasteiger partial charge in [0.25, 0.3) is 0 Å². The van der Waals surface area contributed by atoms with Crippen LogP contribution in [0, 0.1) is 0 Å². The van der Waals surface area contributed by atoms with Gasteiger partial charge in [-0.3, -0.25) is 4.99 Å². The van der Waals surface area contributed by atoms with Crippen molar-refractivity contribution in [1.82, 2.24) is 4.57 Å². The zero-order valence-electron chi connectivity index (χ0n) is 12.7. The Morgan fingerprint density at radius 3 is 2.52 bits per heavy atom. The van der Waals surface area contributed by atoms with Crippen LogP contribution >= 0.6 is 0 Å². The summed E-state index contributed by atoms with van der Waals surface area (Å²) in [6.45, 7) is 0. The smallest absolute Gasteiger partial charge is 0.340 e. The van der Waals surface area contributed by atoms with Gasteiger partial charge >= 0.3 is 5.97 Å². The first-order valence-corrected chi connectivity index (χ1v) is 7.24. The second-order valence-electron chi connectivity index (χ2n) is 4.91. The Kier molecular flexibility index (Phi) is 4.34. The first kappa shape index (κ1) is 14.8. The Hall–Kier alpha value is -3.14. The molecule has 2 aromatic carbocycles. The summed E-state index contributed by atoms with van der Waals surface area (Å²) in [5.74, 6) is -0.392. The molecule has 0 fully saturated rings. The predicted octanol–water partition coefficient (Wildman–Crippen LogP) is 4.01. The molecule has 0 saturated heterocycles.